The summed E-state index contributed by atoms with van der Waals surface area (Å²) in [6.07, 6.45) is 6.20. The molecule has 1 atom stereocenters. The van der Waals surface area contributed by atoms with Crippen molar-refractivity contribution in [3.63, 3.8) is 0 Å². The molecule has 0 aliphatic rings. The molecule has 1 aromatic rings. The monoisotopic (exact) mass is 179 g/mol. The van der Waals surface area contributed by atoms with Crippen molar-refractivity contribution >= 4 is 11.3 Å². The molecule has 0 aromatic carbocycles. The van der Waals surface area contributed by atoms with Gasteiger partial charge in [-0.2, -0.15) is 11.3 Å². The highest BCUT2D eigenvalue weighted by Gasteiger charge is 2.01. The molecule has 0 aliphatic heterocycles. The molecule has 0 saturated carbocycles. The van der Waals surface area contributed by atoms with Gasteiger partial charge in [0.1, 0.15) is 0 Å². The molecule has 0 amide bonds. The second-order valence-electron chi connectivity index (χ2n) is 2.82. The summed E-state index contributed by atoms with van der Waals surface area (Å²) in [5.41, 5.74) is 1.39. The maximum Gasteiger partial charge on any atom is 0.0575 e. The van der Waals surface area contributed by atoms with Gasteiger partial charge in [-0.3, -0.25) is 0 Å². The molecular weight excluding hydrogens is 166 g/mol. The van der Waals surface area contributed by atoms with E-state index < -0.39 is 0 Å². The Morgan fingerprint density at radius 2 is 2.58 bits per heavy atom. The van der Waals surface area contributed by atoms with E-state index in [0.29, 0.717) is 12.6 Å². The summed E-state index contributed by atoms with van der Waals surface area (Å²) in [4.78, 5) is 0. The standard InChI is InChI=1S/C10H13NS/c1-3-5-11-9(2)7-10-4-6-12-8-10/h1,4,6,8-9,11H,5,7H2,2H3. The molecule has 1 rings (SSSR count). The Morgan fingerprint density at radius 3 is 3.17 bits per heavy atom. The number of terminal acetylenes is 1. The maximum atomic E-state index is 5.14. The Bertz CT molecular complexity index is 245. The van der Waals surface area contributed by atoms with Crippen LogP contribution in [-0.4, -0.2) is 12.6 Å². The lowest BCUT2D eigenvalue weighted by Crippen LogP contribution is -2.28. The number of rotatable bonds is 4. The summed E-state index contributed by atoms with van der Waals surface area (Å²) < 4.78 is 0. The molecule has 64 valence electrons. The van der Waals surface area contributed by atoms with Gasteiger partial charge < -0.3 is 5.32 Å². The van der Waals surface area contributed by atoms with Gasteiger partial charge in [0.15, 0.2) is 0 Å². The predicted molar refractivity (Wildman–Crippen MR) is 54.3 cm³/mol. The van der Waals surface area contributed by atoms with Crippen LogP contribution in [0.4, 0.5) is 0 Å². The van der Waals surface area contributed by atoms with E-state index in [2.05, 4.69) is 35.0 Å². The Morgan fingerprint density at radius 1 is 1.75 bits per heavy atom. The van der Waals surface area contributed by atoms with Gasteiger partial charge in [0.25, 0.3) is 0 Å². The summed E-state index contributed by atoms with van der Waals surface area (Å²) in [7, 11) is 0. The zero-order chi connectivity index (χ0) is 8.81. The van der Waals surface area contributed by atoms with Crippen LogP contribution in [-0.2, 0) is 6.42 Å². The van der Waals surface area contributed by atoms with Crippen LogP contribution >= 0.6 is 11.3 Å². The van der Waals surface area contributed by atoms with E-state index in [9.17, 15) is 0 Å². The van der Waals surface area contributed by atoms with Gasteiger partial charge in [0.05, 0.1) is 6.54 Å². The van der Waals surface area contributed by atoms with Gasteiger partial charge in [-0.15, -0.1) is 6.42 Å². The molecule has 1 unspecified atom stereocenters. The molecule has 1 N–H and O–H groups in total. The Balaban J connectivity index is 2.28. The molecule has 0 aliphatic carbocycles. The predicted octanol–water partition coefficient (Wildman–Crippen LogP) is 1.90. The fourth-order valence-corrected chi connectivity index (χ4v) is 1.75. The van der Waals surface area contributed by atoms with E-state index in [1.54, 1.807) is 11.3 Å². The van der Waals surface area contributed by atoms with Crippen LogP contribution < -0.4 is 5.32 Å². The number of hydrogen-bond acceptors (Lipinski definition) is 2. The number of hydrogen-bond donors (Lipinski definition) is 1. The zero-order valence-electron chi connectivity index (χ0n) is 7.21. The first-order valence-electron chi connectivity index (χ1n) is 4.01. The average molecular weight is 179 g/mol. The van der Waals surface area contributed by atoms with Crippen molar-refractivity contribution in [1.82, 2.24) is 5.32 Å². The number of thiophene rings is 1. The van der Waals surface area contributed by atoms with E-state index in [1.165, 1.54) is 5.56 Å². The van der Waals surface area contributed by atoms with E-state index in [-0.39, 0.29) is 0 Å². The third-order valence-corrected chi connectivity index (χ3v) is 2.41. The van der Waals surface area contributed by atoms with Crippen molar-refractivity contribution < 1.29 is 0 Å². The Hall–Kier alpha value is -0.780. The second kappa shape index (κ2) is 4.97. The van der Waals surface area contributed by atoms with Gasteiger partial charge >= 0.3 is 0 Å². The van der Waals surface area contributed by atoms with Gasteiger partial charge in [0.2, 0.25) is 0 Å². The first-order chi connectivity index (χ1) is 5.83. The fourth-order valence-electron chi connectivity index (χ4n) is 1.07. The van der Waals surface area contributed by atoms with Crippen LogP contribution in [0.2, 0.25) is 0 Å². The van der Waals surface area contributed by atoms with E-state index in [1.807, 2.05) is 0 Å². The molecule has 0 fully saturated rings. The molecule has 12 heavy (non-hydrogen) atoms. The van der Waals surface area contributed by atoms with Crippen LogP contribution in [0, 0.1) is 12.3 Å². The maximum absolute atomic E-state index is 5.14. The van der Waals surface area contributed by atoms with E-state index in [0.717, 1.165) is 6.42 Å². The van der Waals surface area contributed by atoms with Crippen molar-refractivity contribution in [2.45, 2.75) is 19.4 Å². The molecule has 0 bridgehead atoms. The summed E-state index contributed by atoms with van der Waals surface area (Å²) >= 11 is 1.74. The van der Waals surface area contributed by atoms with Crippen LogP contribution in [0.1, 0.15) is 12.5 Å². The highest BCUT2D eigenvalue weighted by molar-refractivity contribution is 7.07. The fraction of sp³-hybridized carbons (Fsp3) is 0.400. The van der Waals surface area contributed by atoms with Crippen molar-refractivity contribution in [3.8, 4) is 12.3 Å². The second-order valence-corrected chi connectivity index (χ2v) is 3.60. The van der Waals surface area contributed by atoms with E-state index in [4.69, 9.17) is 6.42 Å². The minimum Gasteiger partial charge on any atom is -0.303 e. The van der Waals surface area contributed by atoms with Crippen LogP contribution in [0.25, 0.3) is 0 Å². The number of nitrogens with one attached hydrogen (secondary N) is 1. The summed E-state index contributed by atoms with van der Waals surface area (Å²) in [5.74, 6) is 2.57. The summed E-state index contributed by atoms with van der Waals surface area (Å²) in [5, 5.41) is 7.51. The first kappa shape index (κ1) is 9.31. The first-order valence-corrected chi connectivity index (χ1v) is 4.95. The highest BCUT2D eigenvalue weighted by Crippen LogP contribution is 2.08. The summed E-state index contributed by atoms with van der Waals surface area (Å²) in [6, 6.07) is 2.62. The van der Waals surface area contributed by atoms with Crippen molar-refractivity contribution in [2.24, 2.45) is 0 Å². The van der Waals surface area contributed by atoms with Gasteiger partial charge in [0, 0.05) is 6.04 Å². The average Bonchev–Trinajstić information content (AvgIpc) is 2.53. The smallest absolute Gasteiger partial charge is 0.0575 e. The molecule has 0 radical (unpaired) electrons. The quantitative estimate of drug-likeness (QED) is 0.696. The Kier molecular flexibility index (Phi) is 3.86. The molecule has 1 aromatic heterocycles. The molecule has 0 spiro atoms. The molecule has 1 nitrogen and oxygen atoms in total. The van der Waals surface area contributed by atoms with Gasteiger partial charge in [-0.1, -0.05) is 5.92 Å². The molecule has 2 heteroatoms. The normalized spacial score (nSPS) is 12.3. The van der Waals surface area contributed by atoms with Gasteiger partial charge in [-0.25, -0.2) is 0 Å². The minimum atomic E-state index is 0.468. The zero-order valence-corrected chi connectivity index (χ0v) is 8.03. The lowest BCUT2D eigenvalue weighted by molar-refractivity contribution is 0.586. The lowest BCUT2D eigenvalue weighted by atomic mass is 10.1. The molecule has 0 saturated heterocycles. The third-order valence-electron chi connectivity index (χ3n) is 1.67. The SMILES string of the molecule is C#CCNC(C)Cc1ccsc1. The van der Waals surface area contributed by atoms with Crippen LogP contribution in [0.15, 0.2) is 16.8 Å². The van der Waals surface area contributed by atoms with Crippen molar-refractivity contribution in [1.29, 1.82) is 0 Å². The minimum absolute atomic E-state index is 0.468. The van der Waals surface area contributed by atoms with Crippen molar-refractivity contribution in [3.05, 3.63) is 22.4 Å². The van der Waals surface area contributed by atoms with Crippen LogP contribution in [0.5, 0.6) is 0 Å². The third kappa shape index (κ3) is 3.08. The largest absolute Gasteiger partial charge is 0.303 e. The summed E-state index contributed by atoms with van der Waals surface area (Å²) in [6.45, 7) is 2.81. The topological polar surface area (TPSA) is 12.0 Å². The highest BCUT2D eigenvalue weighted by atomic mass is 32.1. The molecule has 1 heterocycles. The van der Waals surface area contributed by atoms with Crippen molar-refractivity contribution in [2.75, 3.05) is 6.54 Å². The van der Waals surface area contributed by atoms with E-state index >= 15 is 0 Å². The van der Waals surface area contributed by atoms with Crippen LogP contribution in [0.3, 0.4) is 0 Å². The van der Waals surface area contributed by atoms with Gasteiger partial charge in [-0.05, 0) is 35.7 Å². The molecular formula is C10H13NS. The lowest BCUT2D eigenvalue weighted by Gasteiger charge is -2.09. The Labute approximate surface area is 77.8 Å².